The molecule has 0 bridgehead atoms. The lowest BCUT2D eigenvalue weighted by atomic mass is 10.0. The Morgan fingerprint density at radius 3 is 1.96 bits per heavy atom. The Balaban J connectivity index is 4.36. The number of aliphatic hydroxyl groups excluding tert-OH is 1. The summed E-state index contributed by atoms with van der Waals surface area (Å²) in [5, 5.41) is 10.1. The highest BCUT2D eigenvalue weighted by Crippen LogP contribution is 2.43. The third kappa shape index (κ3) is 39.0. The number of phosphoric ester groups is 1. The molecule has 3 atom stereocenters. The summed E-state index contributed by atoms with van der Waals surface area (Å²) in [4.78, 5) is 22.4. The number of rotatable bonds is 37. The maximum absolute atomic E-state index is 12.5. The Kier molecular flexibility index (Phi) is 37.3. The first-order valence-electron chi connectivity index (χ1n) is 20.2. The van der Waals surface area contributed by atoms with Crippen LogP contribution in [-0.4, -0.2) is 54.5 Å². The molecule has 0 amide bonds. The summed E-state index contributed by atoms with van der Waals surface area (Å²) in [5.74, 6) is -0.470. The molecule has 10 heteroatoms. The number of allylic oxidation sites excluding steroid dienone is 11. The summed E-state index contributed by atoms with van der Waals surface area (Å²) in [6, 6.07) is 0. The van der Waals surface area contributed by atoms with Crippen LogP contribution in [0.4, 0.5) is 0 Å². The number of ether oxygens (including phenoxy) is 2. The summed E-state index contributed by atoms with van der Waals surface area (Å²) in [5.41, 5.74) is 5.34. The second-order valence-corrected chi connectivity index (χ2v) is 14.5. The van der Waals surface area contributed by atoms with Crippen molar-refractivity contribution in [2.45, 2.75) is 154 Å². The Hall–Kier alpha value is -2.52. The fourth-order valence-corrected chi connectivity index (χ4v) is 5.78. The van der Waals surface area contributed by atoms with Gasteiger partial charge in [-0.3, -0.25) is 13.8 Å². The molecule has 0 saturated heterocycles. The van der Waals surface area contributed by atoms with Gasteiger partial charge in [0.25, 0.3) is 0 Å². The van der Waals surface area contributed by atoms with Gasteiger partial charge in [0.15, 0.2) is 6.10 Å². The second-order valence-electron chi connectivity index (χ2n) is 13.0. The molecule has 0 aliphatic rings. The fraction of sp³-hybridized carbons (Fsp3) is 0.651. The topological polar surface area (TPSA) is 138 Å². The quantitative estimate of drug-likeness (QED) is 0.0141. The number of carbonyl (C=O) groups is 1. The van der Waals surface area contributed by atoms with Crippen LogP contribution < -0.4 is 5.73 Å². The lowest BCUT2D eigenvalue weighted by Crippen LogP contribution is -2.27. The highest BCUT2D eigenvalue weighted by atomic mass is 31.2. The molecule has 0 aromatic heterocycles. The number of esters is 1. The van der Waals surface area contributed by atoms with Crippen LogP contribution in [0.15, 0.2) is 85.3 Å². The van der Waals surface area contributed by atoms with E-state index in [1.54, 1.807) is 12.3 Å². The van der Waals surface area contributed by atoms with E-state index in [2.05, 4.69) is 38.2 Å². The SMILES string of the molecule is CCC=CCC=CCC=CC=CC(O)CC=CCC=CCCC(=O)OC(COC=CCCCCCCCCCCCCCC)COP(=O)(O)OCCN. The maximum atomic E-state index is 12.5. The monoisotopic (exact) mass is 764 g/mol. The summed E-state index contributed by atoms with van der Waals surface area (Å²) in [7, 11) is -4.33. The van der Waals surface area contributed by atoms with E-state index in [0.29, 0.717) is 19.3 Å². The molecule has 0 aromatic rings. The minimum Gasteiger partial charge on any atom is -0.498 e. The third-order valence-corrected chi connectivity index (χ3v) is 8.97. The van der Waals surface area contributed by atoms with Crippen LogP contribution in [0, 0.1) is 0 Å². The molecular formula is C43H74NO8P. The lowest BCUT2D eigenvalue weighted by Gasteiger charge is -2.19. The summed E-state index contributed by atoms with van der Waals surface area (Å²) >= 11 is 0. The predicted octanol–water partition coefficient (Wildman–Crippen LogP) is 11.1. The number of nitrogens with two attached hydrogens (primary N) is 1. The van der Waals surface area contributed by atoms with Gasteiger partial charge in [-0.1, -0.05) is 157 Å². The van der Waals surface area contributed by atoms with E-state index in [1.807, 2.05) is 48.6 Å². The largest absolute Gasteiger partial charge is 0.498 e. The molecule has 0 saturated carbocycles. The van der Waals surface area contributed by atoms with Crippen molar-refractivity contribution in [1.29, 1.82) is 0 Å². The molecule has 0 aromatic carbocycles. The molecule has 0 heterocycles. The molecule has 0 spiro atoms. The minimum atomic E-state index is -4.33. The van der Waals surface area contributed by atoms with E-state index in [1.165, 1.54) is 70.6 Å². The van der Waals surface area contributed by atoms with E-state index >= 15 is 0 Å². The molecule has 0 fully saturated rings. The normalized spacial score (nSPS) is 15.0. The van der Waals surface area contributed by atoms with Gasteiger partial charge < -0.3 is 25.2 Å². The molecular weight excluding hydrogens is 689 g/mol. The molecule has 0 aliphatic heterocycles. The van der Waals surface area contributed by atoms with Crippen molar-refractivity contribution in [3.8, 4) is 0 Å². The van der Waals surface area contributed by atoms with Crippen molar-refractivity contribution in [2.75, 3.05) is 26.4 Å². The van der Waals surface area contributed by atoms with E-state index in [0.717, 1.165) is 32.1 Å². The number of unbranched alkanes of at least 4 members (excludes halogenated alkanes) is 12. The minimum absolute atomic E-state index is 0.0237. The lowest BCUT2D eigenvalue weighted by molar-refractivity contribution is -0.153. The van der Waals surface area contributed by atoms with E-state index in [9.17, 15) is 19.4 Å². The molecule has 0 aliphatic carbocycles. The van der Waals surface area contributed by atoms with Gasteiger partial charge in [0.05, 0.1) is 25.6 Å². The molecule has 4 N–H and O–H groups in total. The summed E-state index contributed by atoms with van der Waals surface area (Å²) in [6.07, 6.45) is 47.2. The number of hydrogen-bond acceptors (Lipinski definition) is 8. The van der Waals surface area contributed by atoms with Crippen molar-refractivity contribution < 1.29 is 37.9 Å². The van der Waals surface area contributed by atoms with Crippen LogP contribution in [-0.2, 0) is 27.9 Å². The van der Waals surface area contributed by atoms with Crippen LogP contribution >= 0.6 is 7.82 Å². The van der Waals surface area contributed by atoms with Crippen molar-refractivity contribution >= 4 is 13.8 Å². The number of aliphatic hydroxyl groups is 1. The zero-order valence-corrected chi connectivity index (χ0v) is 34.0. The van der Waals surface area contributed by atoms with Gasteiger partial charge in [0.2, 0.25) is 0 Å². The zero-order chi connectivity index (χ0) is 38.9. The van der Waals surface area contributed by atoms with Gasteiger partial charge in [0, 0.05) is 13.0 Å². The number of carbonyl (C=O) groups excluding carboxylic acids is 1. The van der Waals surface area contributed by atoms with Crippen LogP contribution in [0.1, 0.15) is 142 Å². The second kappa shape index (κ2) is 39.2. The van der Waals surface area contributed by atoms with Gasteiger partial charge in [-0.15, -0.1) is 0 Å². The number of hydrogen-bond donors (Lipinski definition) is 3. The highest BCUT2D eigenvalue weighted by Gasteiger charge is 2.25. The molecule has 3 unspecified atom stereocenters. The highest BCUT2D eigenvalue weighted by molar-refractivity contribution is 7.47. The average molecular weight is 764 g/mol. The van der Waals surface area contributed by atoms with Gasteiger partial charge in [-0.05, 0) is 57.4 Å². The van der Waals surface area contributed by atoms with Crippen LogP contribution in [0.3, 0.4) is 0 Å². The molecule has 0 rings (SSSR count). The first-order chi connectivity index (χ1) is 25.8. The summed E-state index contributed by atoms with van der Waals surface area (Å²) in [6.45, 7) is 3.92. The molecule has 9 nitrogen and oxygen atoms in total. The standard InChI is InChI=1S/C43H74NO8P/c1-3-5-7-9-11-13-15-16-17-18-20-24-28-32-37-49-39-42(40-51-53(47,48)50-38-36-44)52-43(46)35-31-27-23-22-26-30-34-41(45)33-29-25-21-19-14-12-10-8-6-4-2/h6,8,12,14,21,23,25-27,29-30,32-33,37,41-42,45H,3-5,7,9-11,13,15-20,22,24,28,31,34-36,38-40,44H2,1-2H3,(H,47,48). The zero-order valence-electron chi connectivity index (χ0n) is 33.1. The van der Waals surface area contributed by atoms with Crippen LogP contribution in [0.5, 0.6) is 0 Å². The first kappa shape index (κ1) is 50.5. The first-order valence-corrected chi connectivity index (χ1v) is 21.7. The van der Waals surface area contributed by atoms with Gasteiger partial charge in [-0.25, -0.2) is 4.57 Å². The maximum Gasteiger partial charge on any atom is 0.472 e. The van der Waals surface area contributed by atoms with Crippen molar-refractivity contribution in [2.24, 2.45) is 5.73 Å². The van der Waals surface area contributed by atoms with Crippen LogP contribution in [0.2, 0.25) is 0 Å². The van der Waals surface area contributed by atoms with E-state index < -0.39 is 26.0 Å². The van der Waals surface area contributed by atoms with Crippen molar-refractivity contribution in [3.63, 3.8) is 0 Å². The van der Waals surface area contributed by atoms with Crippen molar-refractivity contribution in [3.05, 3.63) is 85.3 Å². The van der Waals surface area contributed by atoms with Gasteiger partial charge in [-0.2, -0.15) is 0 Å². The number of phosphoric acid groups is 1. The fourth-order valence-electron chi connectivity index (χ4n) is 5.01. The third-order valence-electron chi connectivity index (χ3n) is 7.98. The average Bonchev–Trinajstić information content (AvgIpc) is 3.14. The Labute approximate surface area is 322 Å². The van der Waals surface area contributed by atoms with E-state index in [4.69, 9.17) is 24.3 Å². The van der Waals surface area contributed by atoms with Gasteiger partial charge in [0.1, 0.15) is 6.61 Å². The Bertz CT molecular complexity index is 1100. The van der Waals surface area contributed by atoms with Crippen LogP contribution in [0.25, 0.3) is 0 Å². The molecule has 53 heavy (non-hydrogen) atoms. The predicted molar refractivity (Wildman–Crippen MR) is 220 cm³/mol. The van der Waals surface area contributed by atoms with Gasteiger partial charge >= 0.3 is 13.8 Å². The van der Waals surface area contributed by atoms with Crippen molar-refractivity contribution in [1.82, 2.24) is 0 Å². The smallest absolute Gasteiger partial charge is 0.472 e. The Morgan fingerprint density at radius 2 is 1.30 bits per heavy atom. The summed E-state index contributed by atoms with van der Waals surface area (Å²) < 4.78 is 33.0. The Morgan fingerprint density at radius 1 is 0.698 bits per heavy atom. The molecule has 304 valence electrons. The van der Waals surface area contributed by atoms with E-state index in [-0.39, 0.29) is 32.8 Å². The molecule has 0 radical (unpaired) electrons.